The lowest BCUT2D eigenvalue weighted by atomic mass is 10.2. The zero-order chi connectivity index (χ0) is 22.0. The van der Waals surface area contributed by atoms with Gasteiger partial charge in [0, 0.05) is 18.1 Å². The highest BCUT2D eigenvalue weighted by Crippen LogP contribution is 2.38. The molecule has 31 heavy (non-hydrogen) atoms. The molecule has 0 N–H and O–H groups in total. The minimum absolute atomic E-state index is 0.0698. The third kappa shape index (κ3) is 4.61. The number of sulfone groups is 1. The van der Waals surface area contributed by atoms with Crippen molar-refractivity contribution >= 4 is 38.9 Å². The number of nitrogens with zero attached hydrogens (tertiary/aromatic N) is 2. The Hall–Kier alpha value is -2.02. The minimum Gasteiger partial charge on any atom is -0.419 e. The number of hydrogen-bond donors (Lipinski definition) is 0. The topological polar surface area (TPSA) is 63.4 Å². The van der Waals surface area contributed by atoms with E-state index >= 15 is 0 Å². The lowest BCUT2D eigenvalue weighted by Gasteiger charge is -2.20. The Kier molecular flexibility index (Phi) is 6.60. The first-order chi connectivity index (χ1) is 14.9. The summed E-state index contributed by atoms with van der Waals surface area (Å²) in [6.45, 7) is 3.47. The van der Waals surface area contributed by atoms with E-state index in [1.807, 2.05) is 24.0 Å². The molecular formula is C23H24Cl2N2O3S. The van der Waals surface area contributed by atoms with Crippen LogP contribution in [0.4, 0.5) is 5.88 Å². The molecule has 0 aliphatic carbocycles. The summed E-state index contributed by atoms with van der Waals surface area (Å²) < 4.78 is 33.2. The smallest absolute Gasteiger partial charge is 0.236 e. The van der Waals surface area contributed by atoms with Crippen molar-refractivity contribution in [3.63, 3.8) is 0 Å². The van der Waals surface area contributed by atoms with E-state index in [1.165, 1.54) is 0 Å². The van der Waals surface area contributed by atoms with Gasteiger partial charge in [0.05, 0.1) is 15.5 Å². The second-order valence-corrected chi connectivity index (χ2v) is 10.4. The first-order valence-corrected chi connectivity index (χ1v) is 12.7. The van der Waals surface area contributed by atoms with Crippen molar-refractivity contribution in [3.8, 4) is 11.5 Å². The summed E-state index contributed by atoms with van der Waals surface area (Å²) in [5.41, 5.74) is 1.57. The standard InChI is InChI=1S/C23H24Cl2N2O3S/c1-2-16-7-10-18(11-8-16)31(28,29)22-23(27-13-5-3-4-6-14-27)30-21(26-22)19-12-9-17(24)15-20(19)25/h7-12,15H,2-6,13-14H2,1H3. The summed E-state index contributed by atoms with van der Waals surface area (Å²) in [6, 6.07) is 11.9. The molecule has 0 bridgehead atoms. The average molecular weight is 479 g/mol. The molecule has 0 atom stereocenters. The van der Waals surface area contributed by atoms with Gasteiger partial charge in [0.25, 0.3) is 0 Å². The molecule has 1 fully saturated rings. The number of aromatic nitrogens is 1. The van der Waals surface area contributed by atoms with E-state index in [-0.39, 0.29) is 21.7 Å². The molecule has 0 spiro atoms. The van der Waals surface area contributed by atoms with Crippen LogP contribution in [0.5, 0.6) is 0 Å². The zero-order valence-corrected chi connectivity index (χ0v) is 19.6. The lowest BCUT2D eigenvalue weighted by Crippen LogP contribution is -2.25. The van der Waals surface area contributed by atoms with E-state index in [0.717, 1.165) is 50.8 Å². The number of aryl methyl sites for hydroxylation is 1. The summed E-state index contributed by atoms with van der Waals surface area (Å²) in [5, 5.41) is 0.768. The molecule has 1 aliphatic rings. The van der Waals surface area contributed by atoms with Crippen LogP contribution in [0.2, 0.25) is 10.0 Å². The van der Waals surface area contributed by atoms with E-state index in [9.17, 15) is 8.42 Å². The van der Waals surface area contributed by atoms with E-state index in [2.05, 4.69) is 4.98 Å². The van der Waals surface area contributed by atoms with Gasteiger partial charge >= 0.3 is 0 Å². The number of halogens is 2. The molecule has 4 rings (SSSR count). The molecule has 2 heterocycles. The molecule has 0 radical (unpaired) electrons. The first-order valence-electron chi connectivity index (χ1n) is 10.5. The maximum absolute atomic E-state index is 13.6. The highest BCUT2D eigenvalue weighted by Gasteiger charge is 2.32. The van der Waals surface area contributed by atoms with Crippen LogP contribution >= 0.6 is 23.2 Å². The predicted molar refractivity (Wildman–Crippen MR) is 124 cm³/mol. The van der Waals surface area contributed by atoms with Crippen LogP contribution in [0.1, 0.15) is 38.2 Å². The summed E-state index contributed by atoms with van der Waals surface area (Å²) >= 11 is 12.4. The Bertz CT molecular complexity index is 1170. The van der Waals surface area contributed by atoms with Crippen LogP contribution in [0.3, 0.4) is 0 Å². The molecule has 0 unspecified atom stereocenters. The van der Waals surface area contributed by atoms with Crippen LogP contribution in [0.25, 0.3) is 11.5 Å². The number of anilines is 1. The highest BCUT2D eigenvalue weighted by molar-refractivity contribution is 7.91. The molecule has 0 saturated carbocycles. The third-order valence-electron chi connectivity index (χ3n) is 5.53. The third-order valence-corrected chi connectivity index (χ3v) is 7.75. The number of oxazole rings is 1. The molecule has 2 aromatic carbocycles. The van der Waals surface area contributed by atoms with E-state index in [4.69, 9.17) is 27.6 Å². The monoisotopic (exact) mass is 478 g/mol. The molecule has 1 saturated heterocycles. The molecule has 1 aromatic heterocycles. The van der Waals surface area contributed by atoms with E-state index in [0.29, 0.717) is 15.6 Å². The molecule has 8 heteroatoms. The van der Waals surface area contributed by atoms with Crippen LogP contribution in [-0.4, -0.2) is 26.5 Å². The Morgan fingerprint density at radius 3 is 2.29 bits per heavy atom. The van der Waals surface area contributed by atoms with Gasteiger partial charge in [-0.1, -0.05) is 55.1 Å². The molecule has 1 aliphatic heterocycles. The van der Waals surface area contributed by atoms with E-state index < -0.39 is 9.84 Å². The Morgan fingerprint density at radius 1 is 1.00 bits per heavy atom. The SMILES string of the molecule is CCc1ccc(S(=O)(=O)c2nc(-c3ccc(Cl)cc3Cl)oc2N2CCCCCC2)cc1. The van der Waals surface area contributed by atoms with Gasteiger partial charge in [-0.2, -0.15) is 4.98 Å². The molecule has 3 aromatic rings. The fourth-order valence-electron chi connectivity index (χ4n) is 3.74. The van der Waals surface area contributed by atoms with Crippen molar-refractivity contribution in [1.29, 1.82) is 0 Å². The van der Waals surface area contributed by atoms with Crippen molar-refractivity contribution in [1.82, 2.24) is 4.98 Å². The first kappa shape index (κ1) is 22.2. The van der Waals surface area contributed by atoms with Gasteiger partial charge in [-0.15, -0.1) is 0 Å². The number of hydrogen-bond acceptors (Lipinski definition) is 5. The van der Waals surface area contributed by atoms with Gasteiger partial charge in [-0.05, 0) is 55.2 Å². The van der Waals surface area contributed by atoms with Gasteiger partial charge < -0.3 is 9.32 Å². The zero-order valence-electron chi connectivity index (χ0n) is 17.3. The Balaban J connectivity index is 1.85. The summed E-state index contributed by atoms with van der Waals surface area (Å²) in [4.78, 5) is 6.63. The van der Waals surface area contributed by atoms with Crippen molar-refractivity contribution in [2.24, 2.45) is 0 Å². The fraction of sp³-hybridized carbons (Fsp3) is 0.348. The minimum atomic E-state index is -3.88. The van der Waals surface area contributed by atoms with Crippen molar-refractivity contribution in [2.45, 2.75) is 48.9 Å². The summed E-state index contributed by atoms with van der Waals surface area (Å²) in [7, 11) is -3.88. The van der Waals surface area contributed by atoms with Gasteiger partial charge in [0.1, 0.15) is 0 Å². The molecule has 164 valence electrons. The second kappa shape index (κ2) is 9.23. The van der Waals surface area contributed by atoms with Gasteiger partial charge in [-0.3, -0.25) is 0 Å². The lowest BCUT2D eigenvalue weighted by molar-refractivity contribution is 0.543. The average Bonchev–Trinajstić information content (AvgIpc) is 3.03. The van der Waals surface area contributed by atoms with Crippen molar-refractivity contribution < 1.29 is 12.8 Å². The normalized spacial score (nSPS) is 15.1. The summed E-state index contributed by atoms with van der Waals surface area (Å²) in [6.07, 6.45) is 5.01. The maximum Gasteiger partial charge on any atom is 0.236 e. The van der Waals surface area contributed by atoms with E-state index in [1.54, 1.807) is 30.3 Å². The highest BCUT2D eigenvalue weighted by atomic mass is 35.5. The van der Waals surface area contributed by atoms with Crippen LogP contribution in [0.15, 0.2) is 56.8 Å². The van der Waals surface area contributed by atoms with Crippen LogP contribution in [-0.2, 0) is 16.3 Å². The van der Waals surface area contributed by atoms with Crippen LogP contribution in [0, 0.1) is 0 Å². The molecule has 0 amide bonds. The van der Waals surface area contributed by atoms with Gasteiger partial charge in [0.2, 0.25) is 26.6 Å². The maximum atomic E-state index is 13.6. The number of benzene rings is 2. The van der Waals surface area contributed by atoms with Crippen molar-refractivity contribution in [2.75, 3.05) is 18.0 Å². The Morgan fingerprint density at radius 2 is 1.68 bits per heavy atom. The fourth-order valence-corrected chi connectivity index (χ4v) is 5.55. The largest absolute Gasteiger partial charge is 0.419 e. The second-order valence-electron chi connectivity index (χ2n) is 7.66. The molecule has 5 nitrogen and oxygen atoms in total. The van der Waals surface area contributed by atoms with Crippen molar-refractivity contribution in [3.05, 3.63) is 58.1 Å². The van der Waals surface area contributed by atoms with Gasteiger partial charge in [0.15, 0.2) is 0 Å². The summed E-state index contributed by atoms with van der Waals surface area (Å²) in [5.74, 6) is 0.451. The Labute approximate surface area is 192 Å². The number of rotatable bonds is 5. The van der Waals surface area contributed by atoms with Gasteiger partial charge in [-0.25, -0.2) is 8.42 Å². The predicted octanol–water partition coefficient (Wildman–Crippen LogP) is 6.42. The molecular weight excluding hydrogens is 455 g/mol. The van der Waals surface area contributed by atoms with Crippen LogP contribution < -0.4 is 4.90 Å². The quantitative estimate of drug-likeness (QED) is 0.422.